The van der Waals surface area contributed by atoms with Gasteiger partial charge in [-0.3, -0.25) is 0 Å². The summed E-state index contributed by atoms with van der Waals surface area (Å²) in [5, 5.41) is 9.07. The first kappa shape index (κ1) is 14.1. The SMILES string of the molecule is Cc1ccc(C)c(COc2ccc(CO)cc2Br)c1. The Kier molecular flexibility index (Phi) is 4.61. The molecule has 0 radical (unpaired) electrons. The molecular weight excluding hydrogens is 304 g/mol. The van der Waals surface area contributed by atoms with Gasteiger partial charge in [0.1, 0.15) is 12.4 Å². The molecule has 0 heterocycles. The minimum atomic E-state index is 0.0376. The van der Waals surface area contributed by atoms with Crippen LogP contribution in [0.15, 0.2) is 40.9 Å². The van der Waals surface area contributed by atoms with E-state index < -0.39 is 0 Å². The van der Waals surface area contributed by atoms with E-state index >= 15 is 0 Å². The van der Waals surface area contributed by atoms with Crippen LogP contribution in [0.25, 0.3) is 0 Å². The minimum Gasteiger partial charge on any atom is -0.488 e. The first-order valence-electron chi connectivity index (χ1n) is 6.18. The van der Waals surface area contributed by atoms with E-state index in [4.69, 9.17) is 9.84 Å². The van der Waals surface area contributed by atoms with Crippen LogP contribution in [0.2, 0.25) is 0 Å². The average Bonchev–Trinajstić information content (AvgIpc) is 2.40. The van der Waals surface area contributed by atoms with Crippen LogP contribution in [-0.2, 0) is 13.2 Å². The summed E-state index contributed by atoms with van der Waals surface area (Å²) in [6.07, 6.45) is 0. The van der Waals surface area contributed by atoms with E-state index in [0.717, 1.165) is 15.8 Å². The lowest BCUT2D eigenvalue weighted by Crippen LogP contribution is -1.99. The fraction of sp³-hybridized carbons (Fsp3) is 0.250. The Balaban J connectivity index is 2.12. The first-order chi connectivity index (χ1) is 9.10. The fourth-order valence-electron chi connectivity index (χ4n) is 1.87. The molecule has 0 aromatic heterocycles. The Labute approximate surface area is 122 Å². The average molecular weight is 321 g/mol. The molecule has 3 heteroatoms. The summed E-state index contributed by atoms with van der Waals surface area (Å²) in [7, 11) is 0. The van der Waals surface area contributed by atoms with Crippen molar-refractivity contribution in [1.82, 2.24) is 0 Å². The van der Waals surface area contributed by atoms with Crippen LogP contribution in [0.3, 0.4) is 0 Å². The van der Waals surface area contributed by atoms with E-state index in [-0.39, 0.29) is 6.61 Å². The molecule has 2 aromatic carbocycles. The number of hydrogen-bond acceptors (Lipinski definition) is 2. The lowest BCUT2D eigenvalue weighted by Gasteiger charge is -2.11. The van der Waals surface area contributed by atoms with Gasteiger partial charge in [0.15, 0.2) is 0 Å². The van der Waals surface area contributed by atoms with Crippen molar-refractivity contribution in [2.24, 2.45) is 0 Å². The summed E-state index contributed by atoms with van der Waals surface area (Å²) in [4.78, 5) is 0. The number of benzene rings is 2. The van der Waals surface area contributed by atoms with Crippen LogP contribution in [0.1, 0.15) is 22.3 Å². The number of aliphatic hydroxyl groups excluding tert-OH is 1. The number of ether oxygens (including phenoxy) is 1. The Hall–Kier alpha value is -1.32. The fourth-order valence-corrected chi connectivity index (χ4v) is 2.41. The van der Waals surface area contributed by atoms with Gasteiger partial charge >= 0.3 is 0 Å². The first-order valence-corrected chi connectivity index (χ1v) is 6.97. The van der Waals surface area contributed by atoms with Crippen molar-refractivity contribution in [3.8, 4) is 5.75 Å². The van der Waals surface area contributed by atoms with Crippen LogP contribution in [0, 0.1) is 13.8 Å². The highest BCUT2D eigenvalue weighted by molar-refractivity contribution is 9.10. The molecule has 0 atom stereocenters. The van der Waals surface area contributed by atoms with Crippen molar-refractivity contribution in [3.63, 3.8) is 0 Å². The summed E-state index contributed by atoms with van der Waals surface area (Å²) >= 11 is 3.46. The Morgan fingerprint density at radius 1 is 1.11 bits per heavy atom. The topological polar surface area (TPSA) is 29.5 Å². The third-order valence-corrected chi connectivity index (χ3v) is 3.69. The van der Waals surface area contributed by atoms with Crippen molar-refractivity contribution in [1.29, 1.82) is 0 Å². The Bertz CT molecular complexity index is 579. The molecule has 2 rings (SSSR count). The highest BCUT2D eigenvalue weighted by Gasteiger charge is 2.04. The van der Waals surface area contributed by atoms with Crippen LogP contribution in [-0.4, -0.2) is 5.11 Å². The predicted molar refractivity (Wildman–Crippen MR) is 80.3 cm³/mol. The van der Waals surface area contributed by atoms with Crippen molar-refractivity contribution in [2.45, 2.75) is 27.1 Å². The van der Waals surface area contributed by atoms with E-state index in [0.29, 0.717) is 6.61 Å². The molecule has 0 bridgehead atoms. The van der Waals surface area contributed by atoms with Crippen molar-refractivity contribution < 1.29 is 9.84 Å². The maximum Gasteiger partial charge on any atom is 0.134 e. The molecule has 19 heavy (non-hydrogen) atoms. The zero-order valence-corrected chi connectivity index (χ0v) is 12.7. The van der Waals surface area contributed by atoms with E-state index in [1.807, 2.05) is 18.2 Å². The van der Waals surface area contributed by atoms with Gasteiger partial charge in [-0.2, -0.15) is 0 Å². The van der Waals surface area contributed by atoms with E-state index in [1.54, 1.807) is 0 Å². The summed E-state index contributed by atoms with van der Waals surface area (Å²) in [5.74, 6) is 0.790. The van der Waals surface area contributed by atoms with Crippen molar-refractivity contribution in [2.75, 3.05) is 0 Å². The molecular formula is C16H17BrO2. The number of halogens is 1. The molecule has 1 N–H and O–H groups in total. The maximum atomic E-state index is 9.07. The quantitative estimate of drug-likeness (QED) is 0.917. The number of rotatable bonds is 4. The van der Waals surface area contributed by atoms with Gasteiger partial charge in [-0.1, -0.05) is 29.8 Å². The normalized spacial score (nSPS) is 10.5. The van der Waals surface area contributed by atoms with Gasteiger partial charge < -0.3 is 9.84 Å². The van der Waals surface area contributed by atoms with Gasteiger partial charge in [0, 0.05) is 0 Å². The lowest BCUT2D eigenvalue weighted by molar-refractivity contribution is 0.280. The van der Waals surface area contributed by atoms with E-state index in [1.165, 1.54) is 16.7 Å². The molecule has 0 aliphatic heterocycles. The molecule has 0 unspecified atom stereocenters. The third kappa shape index (κ3) is 3.58. The van der Waals surface area contributed by atoms with Crippen LogP contribution in [0.5, 0.6) is 5.75 Å². The third-order valence-electron chi connectivity index (χ3n) is 3.07. The summed E-state index contributed by atoms with van der Waals surface area (Å²) in [6.45, 7) is 4.75. The second-order valence-electron chi connectivity index (χ2n) is 4.64. The molecule has 0 saturated carbocycles. The highest BCUT2D eigenvalue weighted by atomic mass is 79.9. The molecule has 0 aliphatic rings. The molecule has 0 spiro atoms. The van der Waals surface area contributed by atoms with E-state index in [2.05, 4.69) is 48.0 Å². The van der Waals surface area contributed by atoms with Gasteiger partial charge in [0.25, 0.3) is 0 Å². The summed E-state index contributed by atoms with van der Waals surface area (Å²) < 4.78 is 6.69. The van der Waals surface area contributed by atoms with Crippen LogP contribution >= 0.6 is 15.9 Å². The second-order valence-corrected chi connectivity index (χ2v) is 5.50. The zero-order valence-electron chi connectivity index (χ0n) is 11.1. The molecule has 0 fully saturated rings. The molecule has 100 valence electrons. The Morgan fingerprint density at radius 2 is 1.89 bits per heavy atom. The molecule has 2 aromatic rings. The minimum absolute atomic E-state index is 0.0376. The highest BCUT2D eigenvalue weighted by Crippen LogP contribution is 2.27. The zero-order chi connectivity index (χ0) is 13.8. The largest absolute Gasteiger partial charge is 0.488 e. The van der Waals surface area contributed by atoms with Crippen molar-refractivity contribution >= 4 is 15.9 Å². The smallest absolute Gasteiger partial charge is 0.134 e. The number of aryl methyl sites for hydroxylation is 2. The molecule has 2 nitrogen and oxygen atoms in total. The van der Waals surface area contributed by atoms with E-state index in [9.17, 15) is 0 Å². The lowest BCUT2D eigenvalue weighted by atomic mass is 10.1. The van der Waals surface area contributed by atoms with Gasteiger partial charge in [0.05, 0.1) is 11.1 Å². The summed E-state index contributed by atoms with van der Waals surface area (Å²) in [5.41, 5.74) is 4.52. The van der Waals surface area contributed by atoms with Crippen LogP contribution in [0.4, 0.5) is 0 Å². The summed E-state index contributed by atoms with van der Waals surface area (Å²) in [6, 6.07) is 12.0. The van der Waals surface area contributed by atoms with Gasteiger partial charge in [-0.05, 0) is 58.6 Å². The van der Waals surface area contributed by atoms with Crippen LogP contribution < -0.4 is 4.74 Å². The monoisotopic (exact) mass is 320 g/mol. The predicted octanol–water partition coefficient (Wildman–Crippen LogP) is 4.14. The molecule has 0 aliphatic carbocycles. The second kappa shape index (κ2) is 6.22. The molecule has 0 saturated heterocycles. The van der Waals surface area contributed by atoms with Crippen molar-refractivity contribution in [3.05, 3.63) is 63.1 Å². The molecule has 0 amide bonds. The Morgan fingerprint density at radius 3 is 2.58 bits per heavy atom. The standard InChI is InChI=1S/C16H17BrO2/c1-11-3-4-12(2)14(7-11)10-19-16-6-5-13(9-18)8-15(16)17/h3-8,18H,9-10H2,1-2H3. The maximum absolute atomic E-state index is 9.07. The van der Waals surface area contributed by atoms with Gasteiger partial charge in [0.2, 0.25) is 0 Å². The number of hydrogen-bond donors (Lipinski definition) is 1. The number of aliphatic hydroxyl groups is 1. The van der Waals surface area contributed by atoms with Gasteiger partial charge in [-0.25, -0.2) is 0 Å². The van der Waals surface area contributed by atoms with Gasteiger partial charge in [-0.15, -0.1) is 0 Å².